The van der Waals surface area contributed by atoms with E-state index in [0.29, 0.717) is 13.2 Å². The number of unbranched alkanes of at least 4 members (excludes halogenated alkanes) is 8. The SMILES string of the molecule is CCCCCCCO[PH](=O)O.CCCCCCCO[PH](=O)O.[Co]. The fraction of sp³-hybridized carbons (Fsp3) is 1.00. The van der Waals surface area contributed by atoms with Crippen LogP contribution in [0.1, 0.15) is 78.1 Å². The molecule has 0 aliphatic rings. The summed E-state index contributed by atoms with van der Waals surface area (Å²) >= 11 is 0. The molecule has 0 heterocycles. The van der Waals surface area contributed by atoms with Crippen molar-refractivity contribution in [3.05, 3.63) is 0 Å². The Hall–Kier alpha value is 0.806. The number of hydrogen-bond donors (Lipinski definition) is 2. The first-order valence-corrected chi connectivity index (χ1v) is 10.8. The first-order chi connectivity index (χ1) is 10.5. The third kappa shape index (κ3) is 35.0. The summed E-state index contributed by atoms with van der Waals surface area (Å²) in [6.45, 7) is 5.17. The minimum Gasteiger partial charge on any atom is -0.326 e. The third-order valence-electron chi connectivity index (χ3n) is 2.95. The minimum atomic E-state index is -2.68. The first-order valence-electron chi connectivity index (χ1n) is 8.26. The van der Waals surface area contributed by atoms with Crippen molar-refractivity contribution in [2.24, 2.45) is 0 Å². The number of hydrogen-bond acceptors (Lipinski definition) is 4. The normalized spacial score (nSPS) is 12.7. The van der Waals surface area contributed by atoms with Crippen LogP contribution in [0.4, 0.5) is 0 Å². The van der Waals surface area contributed by atoms with Crippen molar-refractivity contribution in [1.82, 2.24) is 0 Å². The monoisotopic (exact) mass is 419 g/mol. The molecule has 0 saturated carbocycles. The topological polar surface area (TPSA) is 93.1 Å². The first kappa shape index (κ1) is 28.6. The van der Waals surface area contributed by atoms with Gasteiger partial charge in [-0.3, -0.25) is 9.13 Å². The van der Waals surface area contributed by atoms with Crippen LogP contribution in [0.3, 0.4) is 0 Å². The molecular formula is C14H34CoO6P2. The van der Waals surface area contributed by atoms with Gasteiger partial charge in [0, 0.05) is 16.8 Å². The summed E-state index contributed by atoms with van der Waals surface area (Å²) in [4.78, 5) is 16.6. The molecule has 0 aliphatic carbocycles. The zero-order chi connectivity index (χ0) is 17.1. The maximum absolute atomic E-state index is 10.1. The van der Waals surface area contributed by atoms with Crippen LogP contribution in [-0.4, -0.2) is 23.0 Å². The zero-order valence-corrected chi connectivity index (χ0v) is 17.4. The van der Waals surface area contributed by atoms with Gasteiger partial charge in [0.05, 0.1) is 13.2 Å². The van der Waals surface area contributed by atoms with Crippen LogP contribution < -0.4 is 0 Å². The van der Waals surface area contributed by atoms with Gasteiger partial charge < -0.3 is 18.8 Å². The van der Waals surface area contributed by atoms with Crippen LogP contribution in [0, 0.1) is 0 Å². The Labute approximate surface area is 152 Å². The Balaban J connectivity index is -0.000000333. The molecule has 23 heavy (non-hydrogen) atoms. The van der Waals surface area contributed by atoms with Gasteiger partial charge in [0.15, 0.2) is 0 Å². The minimum absolute atomic E-state index is 0. The molecule has 0 aromatic rings. The maximum atomic E-state index is 10.1. The molecule has 2 unspecified atom stereocenters. The van der Waals surface area contributed by atoms with Gasteiger partial charge in [0.1, 0.15) is 0 Å². The summed E-state index contributed by atoms with van der Waals surface area (Å²) in [6.07, 6.45) is 11.3. The molecule has 2 N–H and O–H groups in total. The molecule has 0 amide bonds. The summed E-state index contributed by atoms with van der Waals surface area (Å²) in [6, 6.07) is 0. The standard InChI is InChI=1S/2C7H17O3P.Co/c2*1-2-3-4-5-6-7-10-11(8)9;/h2*11H,2-7H2,1H3,(H,8,9);. The van der Waals surface area contributed by atoms with Gasteiger partial charge in [-0.25, -0.2) is 0 Å². The summed E-state index contributed by atoms with van der Waals surface area (Å²) in [5, 5.41) is 0. The van der Waals surface area contributed by atoms with Gasteiger partial charge in [-0.05, 0) is 12.8 Å². The molecule has 9 heteroatoms. The van der Waals surface area contributed by atoms with Gasteiger partial charge in [-0.15, -0.1) is 0 Å². The number of rotatable bonds is 14. The second kappa shape index (κ2) is 25.1. The predicted octanol–water partition coefficient (Wildman–Crippen LogP) is 4.71. The Morgan fingerprint density at radius 2 is 0.957 bits per heavy atom. The van der Waals surface area contributed by atoms with E-state index in [9.17, 15) is 9.13 Å². The van der Waals surface area contributed by atoms with Crippen LogP contribution in [0.5, 0.6) is 0 Å². The Morgan fingerprint density at radius 3 is 1.22 bits per heavy atom. The summed E-state index contributed by atoms with van der Waals surface area (Å²) in [5.74, 6) is 0. The van der Waals surface area contributed by atoms with Crippen molar-refractivity contribution in [3.8, 4) is 0 Å². The molecule has 145 valence electrons. The van der Waals surface area contributed by atoms with Crippen molar-refractivity contribution in [2.45, 2.75) is 78.1 Å². The zero-order valence-electron chi connectivity index (χ0n) is 14.3. The van der Waals surface area contributed by atoms with E-state index in [4.69, 9.17) is 9.79 Å². The van der Waals surface area contributed by atoms with E-state index in [1.165, 1.54) is 38.5 Å². The van der Waals surface area contributed by atoms with Crippen LogP contribution in [0.2, 0.25) is 0 Å². The Kier molecular flexibility index (Phi) is 31.2. The van der Waals surface area contributed by atoms with Gasteiger partial charge in [0.25, 0.3) is 0 Å². The van der Waals surface area contributed by atoms with Gasteiger partial charge >= 0.3 is 16.5 Å². The van der Waals surface area contributed by atoms with Gasteiger partial charge in [-0.2, -0.15) is 0 Å². The van der Waals surface area contributed by atoms with E-state index in [0.717, 1.165) is 25.7 Å². The average molecular weight is 419 g/mol. The quantitative estimate of drug-likeness (QED) is 0.313. The summed E-state index contributed by atoms with van der Waals surface area (Å²) in [7, 11) is -5.35. The van der Waals surface area contributed by atoms with Crippen LogP contribution in [0.15, 0.2) is 0 Å². The molecule has 0 aliphatic heterocycles. The molecule has 0 bridgehead atoms. The molecular weight excluding hydrogens is 385 g/mol. The smallest absolute Gasteiger partial charge is 0.316 e. The van der Waals surface area contributed by atoms with Crippen LogP contribution in [-0.2, 0) is 35.0 Å². The molecule has 0 fully saturated rings. The largest absolute Gasteiger partial charge is 0.326 e. The van der Waals surface area contributed by atoms with Crippen molar-refractivity contribution < 1.29 is 44.7 Å². The van der Waals surface area contributed by atoms with Crippen molar-refractivity contribution in [2.75, 3.05) is 13.2 Å². The third-order valence-corrected chi connectivity index (χ3v) is 3.85. The Morgan fingerprint density at radius 1 is 0.652 bits per heavy atom. The van der Waals surface area contributed by atoms with E-state index >= 15 is 0 Å². The molecule has 0 aromatic heterocycles. The molecule has 0 aromatic carbocycles. The molecule has 1 radical (unpaired) electrons. The van der Waals surface area contributed by atoms with E-state index in [1.54, 1.807) is 0 Å². The van der Waals surface area contributed by atoms with E-state index < -0.39 is 16.5 Å². The molecule has 0 spiro atoms. The van der Waals surface area contributed by atoms with Crippen molar-refractivity contribution in [1.29, 1.82) is 0 Å². The second-order valence-corrected chi connectivity index (χ2v) is 6.70. The summed E-state index contributed by atoms with van der Waals surface area (Å²) in [5.41, 5.74) is 0. The van der Waals surface area contributed by atoms with Crippen molar-refractivity contribution >= 4 is 16.5 Å². The fourth-order valence-electron chi connectivity index (χ4n) is 1.73. The van der Waals surface area contributed by atoms with Gasteiger partial charge in [-0.1, -0.05) is 65.2 Å². The maximum Gasteiger partial charge on any atom is 0.316 e. The predicted molar refractivity (Wildman–Crippen MR) is 91.9 cm³/mol. The molecule has 0 rings (SSSR count). The second-order valence-electron chi connectivity index (χ2n) is 5.06. The summed E-state index contributed by atoms with van der Waals surface area (Å²) < 4.78 is 29.2. The van der Waals surface area contributed by atoms with Crippen molar-refractivity contribution in [3.63, 3.8) is 0 Å². The van der Waals surface area contributed by atoms with E-state index in [2.05, 4.69) is 22.9 Å². The van der Waals surface area contributed by atoms with E-state index in [-0.39, 0.29) is 16.8 Å². The molecule has 2 atom stereocenters. The van der Waals surface area contributed by atoms with Crippen LogP contribution >= 0.6 is 16.5 Å². The van der Waals surface area contributed by atoms with Gasteiger partial charge in [0.2, 0.25) is 0 Å². The fourth-order valence-corrected chi connectivity index (χ4v) is 2.37. The Bertz CT molecular complexity index is 244. The molecule has 6 nitrogen and oxygen atoms in total. The average Bonchev–Trinajstić information content (AvgIpc) is 2.46. The molecule has 0 saturated heterocycles. The van der Waals surface area contributed by atoms with Crippen LogP contribution in [0.25, 0.3) is 0 Å². The van der Waals surface area contributed by atoms with E-state index in [1.807, 2.05) is 0 Å².